The molecule has 0 spiro atoms. The second kappa shape index (κ2) is 13.5. The lowest BCUT2D eigenvalue weighted by molar-refractivity contribution is -0.136. The van der Waals surface area contributed by atoms with Crippen LogP contribution >= 0.6 is 0 Å². The average Bonchev–Trinajstić information content (AvgIpc) is 3.72. The predicted octanol–water partition coefficient (Wildman–Crippen LogP) is 5.45. The van der Waals surface area contributed by atoms with Crippen molar-refractivity contribution in [3.05, 3.63) is 94.9 Å². The summed E-state index contributed by atoms with van der Waals surface area (Å²) in [5.41, 5.74) is 1.41. The van der Waals surface area contributed by atoms with E-state index in [0.717, 1.165) is 5.56 Å². The number of sulfone groups is 1. The van der Waals surface area contributed by atoms with Gasteiger partial charge in [0.1, 0.15) is 11.6 Å². The molecule has 12 nitrogen and oxygen atoms in total. The number of carboxylic acids is 1. The molecule has 15 heteroatoms. The normalized spacial score (nSPS) is 18.9. The molecule has 260 valence electrons. The van der Waals surface area contributed by atoms with Gasteiger partial charge in [-0.05, 0) is 62.1 Å². The van der Waals surface area contributed by atoms with E-state index in [-0.39, 0.29) is 71.7 Å². The van der Waals surface area contributed by atoms with Gasteiger partial charge in [-0.15, -0.1) is 0 Å². The fourth-order valence-electron chi connectivity index (χ4n) is 6.07. The lowest BCUT2D eigenvalue weighted by Crippen LogP contribution is -2.32. The highest BCUT2D eigenvalue weighted by Crippen LogP contribution is 2.39. The van der Waals surface area contributed by atoms with Gasteiger partial charge in [0.05, 0.1) is 40.5 Å². The van der Waals surface area contributed by atoms with E-state index in [2.05, 4.69) is 20.2 Å². The molecular formula is C35H35F2N7O5S. The molecule has 0 radical (unpaired) electrons. The topological polar surface area (TPSA) is 178 Å². The molecular weight excluding hydrogens is 668 g/mol. The number of nitrogens with two attached hydrogens (primary N) is 1. The summed E-state index contributed by atoms with van der Waals surface area (Å²) in [6, 6.07) is 14.2. The van der Waals surface area contributed by atoms with Crippen LogP contribution in [0.25, 0.3) is 22.3 Å². The Hall–Kier alpha value is -5.44. The van der Waals surface area contributed by atoms with Gasteiger partial charge in [-0.2, -0.15) is 10.2 Å². The maximum Gasteiger partial charge on any atom is 0.303 e. The van der Waals surface area contributed by atoms with Crippen LogP contribution in [0.2, 0.25) is 0 Å². The number of carboxylic acid groups (broad SMARTS) is 1. The maximum absolute atomic E-state index is 15.7. The van der Waals surface area contributed by atoms with Crippen LogP contribution in [-0.4, -0.2) is 62.2 Å². The fraction of sp³-hybridized carbons (Fsp3) is 0.286. The monoisotopic (exact) mass is 703 g/mol. The van der Waals surface area contributed by atoms with Crippen LogP contribution in [0.15, 0.2) is 70.9 Å². The van der Waals surface area contributed by atoms with E-state index >= 15 is 8.78 Å². The van der Waals surface area contributed by atoms with Crippen LogP contribution in [0.3, 0.4) is 0 Å². The van der Waals surface area contributed by atoms with Crippen molar-refractivity contribution in [3.8, 4) is 22.9 Å². The number of aryl methyl sites for hydroxylation is 2. The van der Waals surface area contributed by atoms with E-state index < -0.39 is 38.6 Å². The molecule has 1 aliphatic heterocycles. The van der Waals surface area contributed by atoms with E-state index in [0.29, 0.717) is 22.0 Å². The maximum atomic E-state index is 15.7. The van der Waals surface area contributed by atoms with Crippen LogP contribution in [0.5, 0.6) is 11.5 Å². The molecule has 0 aliphatic carbocycles. The van der Waals surface area contributed by atoms with E-state index in [4.69, 9.17) is 15.6 Å². The zero-order valence-electron chi connectivity index (χ0n) is 27.6. The first kappa shape index (κ1) is 34.4. The van der Waals surface area contributed by atoms with E-state index in [1.54, 1.807) is 51.4 Å². The first-order valence-electron chi connectivity index (χ1n) is 15.8. The number of halogens is 2. The van der Waals surface area contributed by atoms with Crippen molar-refractivity contribution in [2.75, 3.05) is 11.5 Å². The lowest BCUT2D eigenvalue weighted by atomic mass is 9.78. The molecule has 5 aromatic rings. The van der Waals surface area contributed by atoms with Crippen LogP contribution in [0.1, 0.15) is 49.2 Å². The Morgan fingerprint density at radius 3 is 2.72 bits per heavy atom. The largest absolute Gasteiger partial charge is 0.481 e. The number of hydrogen-bond acceptors (Lipinski definition) is 9. The van der Waals surface area contributed by atoms with Crippen molar-refractivity contribution in [2.24, 2.45) is 23.0 Å². The molecule has 6 rings (SSSR count). The summed E-state index contributed by atoms with van der Waals surface area (Å²) in [5.74, 6) is 2.89. The minimum Gasteiger partial charge on any atom is -0.481 e. The minimum atomic E-state index is -3.88. The van der Waals surface area contributed by atoms with E-state index in [1.165, 1.54) is 28.9 Å². The third kappa shape index (κ3) is 6.85. The predicted molar refractivity (Wildman–Crippen MR) is 185 cm³/mol. The quantitative estimate of drug-likeness (QED) is 0.163. The number of benzene rings is 3. The standard InChI is InChI=1S/C35H35F2N7O5S/c1-20-30(42-38)19-50(47,48)14-12-35(2,22-6-4-5-21(15-22)7-10-31(45)46)34-41-33(44(3)43-34)25-16-23(8-9-27(25)36)49-32-26(18-40-20)24-11-13-39-29(24)17-28(32)37/h4-6,8-9,11,13,15-17,39H,7,10,12,14,18-19,38H2,1-3H3,(H,45,46)/t35-/m0/s1. The number of rotatable bonds is 4. The van der Waals surface area contributed by atoms with Gasteiger partial charge in [0.15, 0.2) is 33.1 Å². The number of aromatic amines is 1. The number of nitrogens with zero attached hydrogens (tertiary/aromatic N) is 5. The smallest absolute Gasteiger partial charge is 0.303 e. The Morgan fingerprint density at radius 1 is 1.16 bits per heavy atom. The van der Waals surface area contributed by atoms with E-state index in [9.17, 15) is 18.3 Å². The molecule has 4 N–H and O–H groups in total. The van der Waals surface area contributed by atoms with Gasteiger partial charge in [0, 0.05) is 42.2 Å². The number of aliphatic imine (C=N–C) groups is 1. The summed E-state index contributed by atoms with van der Waals surface area (Å²) in [7, 11) is -2.29. The number of hydrogen-bond donors (Lipinski definition) is 3. The summed E-state index contributed by atoms with van der Waals surface area (Å²) < 4.78 is 66.1. The highest BCUT2D eigenvalue weighted by Gasteiger charge is 2.36. The summed E-state index contributed by atoms with van der Waals surface area (Å²) in [6.07, 6.45) is 1.82. The minimum absolute atomic E-state index is 0.0129. The Labute approximate surface area is 286 Å². The first-order chi connectivity index (χ1) is 23.8. The molecule has 2 aromatic heterocycles. The number of aromatic nitrogens is 4. The van der Waals surface area contributed by atoms with Crippen molar-refractivity contribution in [1.82, 2.24) is 19.7 Å². The van der Waals surface area contributed by atoms with Crippen molar-refractivity contribution in [3.63, 3.8) is 0 Å². The molecule has 1 aliphatic rings. The van der Waals surface area contributed by atoms with Gasteiger partial charge in [0.25, 0.3) is 0 Å². The molecule has 4 bridgehead atoms. The lowest BCUT2D eigenvalue weighted by Gasteiger charge is -2.28. The van der Waals surface area contributed by atoms with Crippen LogP contribution in [0.4, 0.5) is 8.78 Å². The van der Waals surface area contributed by atoms with Crippen LogP contribution in [-0.2, 0) is 40.1 Å². The SMILES string of the molecule is CC1=NCc2c(c(F)cc3[nH]ccc23)Oc2ccc(F)c(c2)-c2nc(nn2C)[C@](C)(c2cccc(CCC(=O)O)c2)CCS(=O)(=O)CC1=NN. The van der Waals surface area contributed by atoms with Gasteiger partial charge >= 0.3 is 5.97 Å². The van der Waals surface area contributed by atoms with Crippen LogP contribution in [0, 0.1) is 11.6 Å². The first-order valence-corrected chi connectivity index (χ1v) is 17.6. The summed E-state index contributed by atoms with van der Waals surface area (Å²) >= 11 is 0. The van der Waals surface area contributed by atoms with Gasteiger partial charge in [-0.25, -0.2) is 26.9 Å². The molecule has 0 saturated heterocycles. The molecule has 50 heavy (non-hydrogen) atoms. The average molecular weight is 704 g/mol. The highest BCUT2D eigenvalue weighted by molar-refractivity contribution is 7.92. The molecule has 0 unspecified atom stereocenters. The third-order valence-corrected chi connectivity index (χ3v) is 10.6. The number of H-pyrrole nitrogens is 1. The number of hydrazone groups is 1. The van der Waals surface area contributed by atoms with Gasteiger partial charge < -0.3 is 20.7 Å². The fourth-order valence-corrected chi connectivity index (χ4v) is 7.64. The van der Waals surface area contributed by atoms with Crippen molar-refractivity contribution >= 4 is 38.1 Å². The second-order valence-corrected chi connectivity index (χ2v) is 14.7. The number of fused-ring (bicyclic) bond motifs is 8. The Bertz CT molecular complexity index is 2300. The molecule has 3 aromatic carbocycles. The molecule has 0 saturated carbocycles. The summed E-state index contributed by atoms with van der Waals surface area (Å²) in [4.78, 5) is 23.6. The second-order valence-electron chi connectivity index (χ2n) is 12.5. The molecule has 3 heterocycles. The number of nitrogens with one attached hydrogen (secondary N) is 1. The zero-order valence-corrected chi connectivity index (χ0v) is 28.4. The number of carbonyl (C=O) groups is 1. The van der Waals surface area contributed by atoms with E-state index in [1.807, 2.05) is 6.07 Å². The Kier molecular flexibility index (Phi) is 9.27. The number of aliphatic carboxylic acids is 1. The summed E-state index contributed by atoms with van der Waals surface area (Å²) in [5, 5.41) is 18.3. The van der Waals surface area contributed by atoms with Gasteiger partial charge in [-0.1, -0.05) is 24.3 Å². The van der Waals surface area contributed by atoms with Gasteiger partial charge in [0.2, 0.25) is 0 Å². The third-order valence-electron chi connectivity index (χ3n) is 9.03. The summed E-state index contributed by atoms with van der Waals surface area (Å²) in [6.45, 7) is 3.26. The number of ether oxygens (including phenoxy) is 1. The van der Waals surface area contributed by atoms with Gasteiger partial charge in [-0.3, -0.25) is 9.79 Å². The highest BCUT2D eigenvalue weighted by atomic mass is 32.2. The van der Waals surface area contributed by atoms with Crippen LogP contribution < -0.4 is 10.6 Å². The Morgan fingerprint density at radius 2 is 1.96 bits per heavy atom. The van der Waals surface area contributed by atoms with Crippen molar-refractivity contribution < 1.29 is 31.8 Å². The van der Waals surface area contributed by atoms with Crippen molar-refractivity contribution in [2.45, 2.75) is 45.1 Å². The Balaban J connectivity index is 1.54. The zero-order chi connectivity index (χ0) is 35.8. The molecule has 1 atom stereocenters. The molecule has 0 amide bonds. The van der Waals surface area contributed by atoms with Crippen molar-refractivity contribution in [1.29, 1.82) is 0 Å². The molecule has 0 fully saturated rings.